The van der Waals surface area contributed by atoms with Crippen LogP contribution in [-0.4, -0.2) is 48.3 Å². The number of carbonyl (C=O) groups is 4. The molecule has 0 saturated carbocycles. The Kier molecular flexibility index (Phi) is 8.79. The van der Waals surface area contributed by atoms with Crippen molar-refractivity contribution in [3.05, 3.63) is 93.3 Å². The average Bonchev–Trinajstić information content (AvgIpc) is 3.23. The number of nitrogens with one attached hydrogen (secondary N) is 3. The van der Waals surface area contributed by atoms with Crippen molar-refractivity contribution in [2.75, 3.05) is 19.0 Å². The first-order chi connectivity index (χ1) is 18.7. The summed E-state index contributed by atoms with van der Waals surface area (Å²) in [6.45, 7) is 1.56. The van der Waals surface area contributed by atoms with Crippen LogP contribution in [0.4, 0.5) is 14.9 Å². The van der Waals surface area contributed by atoms with Gasteiger partial charge in [-0.3, -0.25) is 14.4 Å². The van der Waals surface area contributed by atoms with Gasteiger partial charge in [0.2, 0.25) is 5.91 Å². The molecule has 9 nitrogen and oxygen atoms in total. The van der Waals surface area contributed by atoms with Crippen LogP contribution in [0, 0.1) is 9.39 Å². The maximum atomic E-state index is 14.6. The lowest BCUT2D eigenvalue weighted by molar-refractivity contribution is -0.134. The van der Waals surface area contributed by atoms with Gasteiger partial charge in [-0.05, 0) is 64.0 Å². The maximum absolute atomic E-state index is 14.6. The molecular formula is C28H26FIN4O5. The zero-order chi connectivity index (χ0) is 28.1. The minimum Gasteiger partial charge on any atom is -0.484 e. The van der Waals surface area contributed by atoms with Crippen LogP contribution in [0.15, 0.2) is 72.8 Å². The van der Waals surface area contributed by atoms with E-state index in [4.69, 9.17) is 4.74 Å². The van der Waals surface area contributed by atoms with Gasteiger partial charge in [-0.1, -0.05) is 49.4 Å². The van der Waals surface area contributed by atoms with Gasteiger partial charge < -0.3 is 20.7 Å². The van der Waals surface area contributed by atoms with Gasteiger partial charge >= 0.3 is 6.03 Å². The summed E-state index contributed by atoms with van der Waals surface area (Å²) < 4.78 is 20.6. The molecule has 39 heavy (non-hydrogen) atoms. The second-order valence-electron chi connectivity index (χ2n) is 8.88. The van der Waals surface area contributed by atoms with Crippen molar-refractivity contribution >= 4 is 52.0 Å². The minimum absolute atomic E-state index is 0.0541. The van der Waals surface area contributed by atoms with E-state index in [0.29, 0.717) is 14.9 Å². The second kappa shape index (κ2) is 12.2. The van der Waals surface area contributed by atoms with Crippen LogP contribution in [0.5, 0.6) is 5.75 Å². The highest BCUT2D eigenvalue weighted by atomic mass is 127. The van der Waals surface area contributed by atoms with Gasteiger partial charge in [-0.25, -0.2) is 14.1 Å². The van der Waals surface area contributed by atoms with E-state index in [1.807, 2.05) is 28.7 Å². The van der Waals surface area contributed by atoms with Crippen LogP contribution in [-0.2, 0) is 14.4 Å². The highest BCUT2D eigenvalue weighted by Gasteiger charge is 2.47. The first-order valence-electron chi connectivity index (χ1n) is 12.1. The lowest BCUT2D eigenvalue weighted by Gasteiger charge is -2.30. The molecule has 1 fully saturated rings. The first-order valence-corrected chi connectivity index (χ1v) is 13.1. The van der Waals surface area contributed by atoms with Crippen LogP contribution in [0.2, 0.25) is 0 Å². The van der Waals surface area contributed by atoms with E-state index in [2.05, 4.69) is 16.0 Å². The smallest absolute Gasteiger partial charge is 0.325 e. The van der Waals surface area contributed by atoms with Gasteiger partial charge in [0.25, 0.3) is 11.8 Å². The number of carbonyl (C=O) groups excluding carboxylic acids is 4. The Morgan fingerprint density at radius 2 is 1.77 bits per heavy atom. The Hall–Kier alpha value is -4.00. The first kappa shape index (κ1) is 28.0. The number of urea groups is 1. The molecule has 0 aromatic heterocycles. The van der Waals surface area contributed by atoms with Crippen molar-refractivity contribution in [2.45, 2.75) is 24.9 Å². The van der Waals surface area contributed by atoms with Crippen LogP contribution < -0.4 is 20.7 Å². The predicted octanol–water partition coefficient (Wildman–Crippen LogP) is 3.96. The molecule has 0 aliphatic carbocycles. The standard InChI is InChI=1S/C28H26FIN4O5/c1-16(17-6-4-3-5-7-17)25(26(36)32-22-13-10-19(30)14-21(22)29)34-27(37)24(33-28(34)38)18-8-11-20(12-9-18)39-15-23(35)31-2/h3-14,16,24-25H,15H2,1-2H3,(H,31,35)(H,32,36)(H,33,38)/t16-,24+,25+/m0/s1. The van der Waals surface area contributed by atoms with Crippen LogP contribution in [0.3, 0.4) is 0 Å². The molecule has 0 bridgehead atoms. The molecule has 1 aliphatic rings. The molecule has 1 aliphatic heterocycles. The zero-order valence-electron chi connectivity index (χ0n) is 21.1. The number of rotatable bonds is 9. The number of halogens is 2. The zero-order valence-corrected chi connectivity index (χ0v) is 23.3. The van der Waals surface area contributed by atoms with Gasteiger partial charge in [0.1, 0.15) is 23.7 Å². The predicted molar refractivity (Wildman–Crippen MR) is 151 cm³/mol. The summed E-state index contributed by atoms with van der Waals surface area (Å²) in [6.07, 6.45) is 0. The van der Waals surface area contributed by atoms with Crippen LogP contribution in [0.25, 0.3) is 0 Å². The lowest BCUT2D eigenvalue weighted by Crippen LogP contribution is -2.50. The Bertz CT molecular complexity index is 1390. The summed E-state index contributed by atoms with van der Waals surface area (Å²) in [6, 6.07) is 16.7. The van der Waals surface area contributed by atoms with Crippen molar-refractivity contribution in [2.24, 2.45) is 0 Å². The monoisotopic (exact) mass is 644 g/mol. The number of ether oxygens (including phenoxy) is 1. The Balaban J connectivity index is 1.61. The molecule has 3 N–H and O–H groups in total. The van der Waals surface area contributed by atoms with Crippen LogP contribution >= 0.6 is 22.6 Å². The van der Waals surface area contributed by atoms with Crippen molar-refractivity contribution in [1.29, 1.82) is 0 Å². The Morgan fingerprint density at radius 1 is 1.08 bits per heavy atom. The molecule has 11 heteroatoms. The van der Waals surface area contributed by atoms with E-state index in [-0.39, 0.29) is 18.2 Å². The van der Waals surface area contributed by atoms with Crippen LogP contribution in [0.1, 0.15) is 30.0 Å². The molecule has 0 radical (unpaired) electrons. The number of benzene rings is 3. The highest BCUT2D eigenvalue weighted by Crippen LogP contribution is 2.32. The summed E-state index contributed by atoms with van der Waals surface area (Å²) in [5, 5.41) is 7.66. The van der Waals surface area contributed by atoms with Crippen molar-refractivity contribution in [3.63, 3.8) is 0 Å². The number of imide groups is 1. The van der Waals surface area contributed by atoms with E-state index in [1.54, 1.807) is 61.5 Å². The van der Waals surface area contributed by atoms with Crippen molar-refractivity contribution in [3.8, 4) is 5.75 Å². The average molecular weight is 644 g/mol. The van der Waals surface area contributed by atoms with E-state index in [9.17, 15) is 23.6 Å². The van der Waals surface area contributed by atoms with Crippen molar-refractivity contribution in [1.82, 2.24) is 15.5 Å². The molecular weight excluding hydrogens is 618 g/mol. The number of amides is 5. The normalized spacial score (nSPS) is 16.3. The highest BCUT2D eigenvalue weighted by molar-refractivity contribution is 14.1. The largest absolute Gasteiger partial charge is 0.484 e. The number of hydrogen-bond acceptors (Lipinski definition) is 5. The fourth-order valence-electron chi connectivity index (χ4n) is 4.27. The second-order valence-corrected chi connectivity index (χ2v) is 10.1. The molecule has 0 spiro atoms. The number of hydrogen-bond donors (Lipinski definition) is 3. The maximum Gasteiger partial charge on any atom is 0.325 e. The third-order valence-corrected chi connectivity index (χ3v) is 7.04. The van der Waals surface area contributed by atoms with E-state index >= 15 is 0 Å². The Labute approximate surface area is 238 Å². The quantitative estimate of drug-likeness (QED) is 0.241. The molecule has 1 heterocycles. The van der Waals surface area contributed by atoms with Gasteiger partial charge in [0.15, 0.2) is 6.61 Å². The Morgan fingerprint density at radius 3 is 2.41 bits per heavy atom. The topological polar surface area (TPSA) is 117 Å². The number of anilines is 1. The van der Waals surface area contributed by atoms with Gasteiger partial charge in [0, 0.05) is 16.5 Å². The summed E-state index contributed by atoms with van der Waals surface area (Å²) in [7, 11) is 1.50. The molecule has 3 atom stereocenters. The van der Waals surface area contributed by atoms with Crippen molar-refractivity contribution < 1.29 is 28.3 Å². The molecule has 5 amide bonds. The molecule has 3 aromatic rings. The third kappa shape index (κ3) is 6.36. The SMILES string of the molecule is CNC(=O)COc1ccc([C@H]2NC(=O)N([C@@H](C(=O)Nc3ccc(I)cc3F)[C@@H](C)c3ccccc3)C2=O)cc1. The van der Waals surface area contributed by atoms with Gasteiger partial charge in [-0.2, -0.15) is 0 Å². The summed E-state index contributed by atoms with van der Waals surface area (Å²) in [5.41, 5.74) is 1.14. The summed E-state index contributed by atoms with van der Waals surface area (Å²) >= 11 is 1.96. The van der Waals surface area contributed by atoms with Gasteiger partial charge in [-0.15, -0.1) is 0 Å². The number of nitrogens with zero attached hydrogens (tertiary/aromatic N) is 1. The van der Waals surface area contributed by atoms with E-state index in [1.165, 1.54) is 19.2 Å². The summed E-state index contributed by atoms with van der Waals surface area (Å²) in [4.78, 5) is 52.7. The fraction of sp³-hybridized carbons (Fsp3) is 0.214. The van der Waals surface area contributed by atoms with E-state index < -0.39 is 41.7 Å². The van der Waals surface area contributed by atoms with E-state index in [0.717, 1.165) is 10.5 Å². The molecule has 3 aromatic carbocycles. The summed E-state index contributed by atoms with van der Waals surface area (Å²) in [5.74, 6) is -2.44. The molecule has 4 rings (SSSR count). The minimum atomic E-state index is -1.27. The fourth-order valence-corrected chi connectivity index (χ4v) is 4.72. The van der Waals surface area contributed by atoms with Gasteiger partial charge in [0.05, 0.1) is 5.69 Å². The number of likely N-dealkylation sites (N-methyl/N-ethyl adjacent to an activating group) is 1. The lowest BCUT2D eigenvalue weighted by atomic mass is 9.91. The third-order valence-electron chi connectivity index (χ3n) is 6.37. The molecule has 202 valence electrons. The molecule has 1 saturated heterocycles. The molecule has 0 unspecified atom stereocenters.